The maximum Gasteiger partial charge on any atom is 0.407 e. The lowest BCUT2D eigenvalue weighted by atomic mass is 9.60. The Balaban J connectivity index is 1.05. The average Bonchev–Trinajstić information content (AvgIpc) is 3.14. The number of urea groups is 2. The molecule has 2 saturated carbocycles. The van der Waals surface area contributed by atoms with Crippen LogP contribution in [-0.4, -0.2) is 86.5 Å². The lowest BCUT2D eigenvalue weighted by molar-refractivity contribution is 0.0453. The van der Waals surface area contributed by atoms with E-state index in [4.69, 9.17) is 9.47 Å². The van der Waals surface area contributed by atoms with Crippen LogP contribution in [0, 0.1) is 17.3 Å². The molecule has 0 bridgehead atoms. The van der Waals surface area contributed by atoms with Crippen LogP contribution in [0.25, 0.3) is 0 Å². The quantitative estimate of drug-likeness (QED) is 0.183. The average molecular weight is 707 g/mol. The standard InChI is InChI=1S/C39H58N6O6/c1-39(2,31-15-19-33(20-16-31)42-37(48)50-25-23-44(3)35(46)40-27-29-11-7-5-8-12-29)32-17-21-34(22-18-32)43-38(49)51-26-24-45(4)36(47)41-28-30-13-9-6-10-14-30/h5-14,31-34H,15-28H2,1-4H3,(H,40,46)(H,41,47)(H,42,48)(H,43,49). The fourth-order valence-corrected chi connectivity index (χ4v) is 7.28. The highest BCUT2D eigenvalue weighted by Gasteiger charge is 2.41. The van der Waals surface area contributed by atoms with Gasteiger partial charge in [-0.15, -0.1) is 0 Å². The minimum atomic E-state index is -0.434. The molecule has 4 N–H and O–H groups in total. The van der Waals surface area contributed by atoms with Crippen LogP contribution >= 0.6 is 0 Å². The molecule has 0 aromatic heterocycles. The van der Waals surface area contributed by atoms with Gasteiger partial charge in [0.2, 0.25) is 0 Å². The molecule has 12 nitrogen and oxygen atoms in total. The van der Waals surface area contributed by atoms with Crippen molar-refractivity contribution in [2.45, 2.75) is 90.4 Å². The molecule has 280 valence electrons. The van der Waals surface area contributed by atoms with Crippen molar-refractivity contribution >= 4 is 24.2 Å². The van der Waals surface area contributed by atoms with Crippen LogP contribution in [0.4, 0.5) is 19.2 Å². The van der Waals surface area contributed by atoms with E-state index in [1.54, 1.807) is 14.1 Å². The Labute approximate surface area is 303 Å². The second kappa shape index (κ2) is 19.8. The Bertz CT molecular complexity index is 1270. The van der Waals surface area contributed by atoms with E-state index in [1.807, 2.05) is 60.7 Å². The molecule has 0 spiro atoms. The molecule has 0 aliphatic heterocycles. The minimum absolute atomic E-state index is 0.0888. The number of amides is 6. The highest BCUT2D eigenvalue weighted by Crippen LogP contribution is 2.48. The predicted octanol–water partition coefficient (Wildman–Crippen LogP) is 6.27. The number of hydrogen-bond acceptors (Lipinski definition) is 6. The number of hydrogen-bond donors (Lipinski definition) is 4. The summed E-state index contributed by atoms with van der Waals surface area (Å²) in [5.74, 6) is 1.13. The summed E-state index contributed by atoms with van der Waals surface area (Å²) < 4.78 is 10.8. The van der Waals surface area contributed by atoms with Crippen LogP contribution in [0.1, 0.15) is 76.3 Å². The van der Waals surface area contributed by atoms with Crippen LogP contribution in [-0.2, 0) is 22.6 Å². The zero-order chi connectivity index (χ0) is 36.6. The molecule has 0 radical (unpaired) electrons. The fraction of sp³-hybridized carbons (Fsp3) is 0.590. The first kappa shape index (κ1) is 39.3. The van der Waals surface area contributed by atoms with Crippen molar-refractivity contribution in [1.82, 2.24) is 31.1 Å². The lowest BCUT2D eigenvalue weighted by Gasteiger charge is -2.46. The molecular weight excluding hydrogens is 648 g/mol. The van der Waals surface area contributed by atoms with Gasteiger partial charge in [-0.1, -0.05) is 74.5 Å². The molecule has 4 rings (SSSR count). The zero-order valence-electron chi connectivity index (χ0n) is 30.8. The Kier molecular flexibility index (Phi) is 15.3. The van der Waals surface area contributed by atoms with Crippen molar-refractivity contribution in [2.24, 2.45) is 17.3 Å². The number of benzene rings is 2. The maximum atomic E-state index is 12.5. The van der Waals surface area contributed by atoms with E-state index in [2.05, 4.69) is 35.1 Å². The number of alkyl carbamates (subject to hydrolysis) is 2. The summed E-state index contributed by atoms with van der Waals surface area (Å²) in [6.45, 7) is 6.52. The monoisotopic (exact) mass is 706 g/mol. The van der Waals surface area contributed by atoms with E-state index in [0.29, 0.717) is 38.0 Å². The molecule has 2 fully saturated rings. The number of likely N-dealkylation sites (N-methyl/N-ethyl adjacent to an activating group) is 2. The summed E-state index contributed by atoms with van der Waals surface area (Å²) >= 11 is 0. The largest absolute Gasteiger partial charge is 0.448 e. The number of rotatable bonds is 14. The highest BCUT2D eigenvalue weighted by molar-refractivity contribution is 5.74. The molecule has 0 atom stereocenters. The van der Waals surface area contributed by atoms with Crippen LogP contribution in [0.15, 0.2) is 60.7 Å². The molecule has 6 amide bonds. The molecule has 51 heavy (non-hydrogen) atoms. The van der Waals surface area contributed by atoms with Crippen molar-refractivity contribution in [2.75, 3.05) is 40.4 Å². The molecule has 2 aromatic carbocycles. The van der Waals surface area contributed by atoms with E-state index < -0.39 is 12.2 Å². The molecule has 0 saturated heterocycles. The molecule has 12 heteroatoms. The van der Waals surface area contributed by atoms with Crippen molar-refractivity contribution < 1.29 is 28.7 Å². The molecule has 2 aliphatic carbocycles. The summed E-state index contributed by atoms with van der Waals surface area (Å²) in [6, 6.07) is 19.2. The summed E-state index contributed by atoms with van der Waals surface area (Å²) in [5.41, 5.74) is 2.20. The van der Waals surface area contributed by atoms with Crippen molar-refractivity contribution in [3.63, 3.8) is 0 Å². The number of carbonyl (C=O) groups is 4. The van der Waals surface area contributed by atoms with Gasteiger partial charge in [0, 0.05) is 39.3 Å². The van der Waals surface area contributed by atoms with Crippen molar-refractivity contribution in [3.05, 3.63) is 71.8 Å². The SMILES string of the molecule is CN(CCOC(=O)NC1CCC(C(C)(C)C2CCC(NC(=O)OCCN(C)C(=O)NCc3ccccc3)CC2)CC1)C(=O)NCc1ccccc1. The van der Waals surface area contributed by atoms with Gasteiger partial charge < -0.3 is 40.5 Å². The first-order chi connectivity index (χ1) is 24.5. The number of carbonyl (C=O) groups excluding carboxylic acids is 4. The minimum Gasteiger partial charge on any atom is -0.448 e. The summed E-state index contributed by atoms with van der Waals surface area (Å²) in [4.78, 5) is 52.7. The van der Waals surface area contributed by atoms with E-state index in [-0.39, 0.29) is 42.8 Å². The number of nitrogens with one attached hydrogen (secondary N) is 4. The summed E-state index contributed by atoms with van der Waals surface area (Å²) in [5, 5.41) is 11.8. The Morgan fingerprint density at radius 2 is 0.961 bits per heavy atom. The maximum absolute atomic E-state index is 12.5. The summed E-state index contributed by atoms with van der Waals surface area (Å²) in [6.07, 6.45) is 6.98. The van der Waals surface area contributed by atoms with Crippen molar-refractivity contribution in [1.29, 1.82) is 0 Å². The van der Waals surface area contributed by atoms with Gasteiger partial charge in [0.1, 0.15) is 13.2 Å². The topological polar surface area (TPSA) is 141 Å². The molecule has 2 aliphatic rings. The second-order valence-corrected chi connectivity index (χ2v) is 14.6. The third-order valence-electron chi connectivity index (χ3n) is 10.8. The van der Waals surface area contributed by atoms with E-state index >= 15 is 0 Å². The highest BCUT2D eigenvalue weighted by atomic mass is 16.6. The lowest BCUT2D eigenvalue weighted by Crippen LogP contribution is -2.45. The van der Waals surface area contributed by atoms with E-state index in [1.165, 1.54) is 9.80 Å². The van der Waals surface area contributed by atoms with E-state index in [9.17, 15) is 19.2 Å². The second-order valence-electron chi connectivity index (χ2n) is 14.6. The van der Waals surface area contributed by atoms with Crippen molar-refractivity contribution in [3.8, 4) is 0 Å². The number of ether oxygens (including phenoxy) is 2. The molecule has 0 unspecified atom stereocenters. The van der Waals surface area contributed by atoms with Gasteiger partial charge in [0.15, 0.2) is 0 Å². The van der Waals surface area contributed by atoms with Crippen LogP contribution < -0.4 is 21.3 Å². The van der Waals surface area contributed by atoms with Gasteiger partial charge in [0.05, 0.1) is 13.1 Å². The van der Waals surface area contributed by atoms with Crippen LogP contribution in [0.5, 0.6) is 0 Å². The van der Waals surface area contributed by atoms with Gasteiger partial charge in [-0.3, -0.25) is 0 Å². The zero-order valence-corrected chi connectivity index (χ0v) is 30.8. The van der Waals surface area contributed by atoms with Crippen LogP contribution in [0.3, 0.4) is 0 Å². The van der Waals surface area contributed by atoms with Gasteiger partial charge >= 0.3 is 24.2 Å². The van der Waals surface area contributed by atoms with Gasteiger partial charge in [-0.25, -0.2) is 19.2 Å². The third-order valence-corrected chi connectivity index (χ3v) is 10.8. The smallest absolute Gasteiger partial charge is 0.407 e. The molecule has 2 aromatic rings. The first-order valence-electron chi connectivity index (χ1n) is 18.4. The van der Waals surface area contributed by atoms with E-state index in [0.717, 1.165) is 62.5 Å². The predicted molar refractivity (Wildman–Crippen MR) is 197 cm³/mol. The first-order valence-corrected chi connectivity index (χ1v) is 18.4. The third kappa shape index (κ3) is 13.0. The Hall–Kier alpha value is -4.48. The van der Waals surface area contributed by atoms with Gasteiger partial charge in [-0.2, -0.15) is 0 Å². The van der Waals surface area contributed by atoms with Gasteiger partial charge in [-0.05, 0) is 79.7 Å². The molecular formula is C39H58N6O6. The van der Waals surface area contributed by atoms with Gasteiger partial charge in [0.25, 0.3) is 0 Å². The normalized spacial score (nSPS) is 20.3. The Morgan fingerprint density at radius 3 is 1.31 bits per heavy atom. The fourth-order valence-electron chi connectivity index (χ4n) is 7.28. The summed E-state index contributed by atoms with van der Waals surface area (Å²) in [7, 11) is 3.36. The Morgan fingerprint density at radius 1 is 0.608 bits per heavy atom. The molecule has 0 heterocycles. The van der Waals surface area contributed by atoms with Crippen LogP contribution in [0.2, 0.25) is 0 Å². The number of nitrogens with zero attached hydrogens (tertiary/aromatic N) is 2.